The van der Waals surface area contributed by atoms with Gasteiger partial charge >= 0.3 is 0 Å². The molecule has 0 aliphatic heterocycles. The molecule has 5 nitrogen and oxygen atoms in total. The second-order valence-corrected chi connectivity index (χ2v) is 6.17. The molecule has 2 aliphatic rings. The van der Waals surface area contributed by atoms with E-state index in [1.165, 1.54) is 25.7 Å². The van der Waals surface area contributed by atoms with Gasteiger partial charge in [0, 0.05) is 13.6 Å². The van der Waals surface area contributed by atoms with Crippen LogP contribution < -0.4 is 10.6 Å². The number of hydrogen-bond acceptors (Lipinski definition) is 3. The summed E-state index contributed by atoms with van der Waals surface area (Å²) in [6, 6.07) is 0. The molecule has 0 radical (unpaired) electrons. The average molecular weight is 404 g/mol. The number of oxazole rings is 1. The smallest absolute Gasteiger partial charge is 0.214 e. The Bertz CT molecular complexity index is 498. The summed E-state index contributed by atoms with van der Waals surface area (Å²) in [7, 11) is 1.80. The molecule has 2 fully saturated rings. The molecule has 3 rings (SSSR count). The van der Waals surface area contributed by atoms with Gasteiger partial charge in [0.25, 0.3) is 0 Å². The molecule has 0 amide bonds. The molecule has 1 heterocycles. The third-order valence-corrected chi connectivity index (χ3v) is 4.65. The zero-order chi connectivity index (χ0) is 14.2. The molecule has 0 spiro atoms. The van der Waals surface area contributed by atoms with Crippen LogP contribution in [-0.4, -0.2) is 24.5 Å². The first-order valence-corrected chi connectivity index (χ1v) is 7.50. The number of aryl methyl sites for hydroxylation is 2. The van der Waals surface area contributed by atoms with Crippen molar-refractivity contribution in [3.8, 4) is 0 Å². The summed E-state index contributed by atoms with van der Waals surface area (Å²) in [6.07, 6.45) is 5.59. The van der Waals surface area contributed by atoms with Gasteiger partial charge in [0.15, 0.2) is 5.96 Å². The Morgan fingerprint density at radius 3 is 2.52 bits per heavy atom. The number of aliphatic imine (C=N–C) groups is 1. The van der Waals surface area contributed by atoms with Gasteiger partial charge in [-0.15, -0.1) is 24.0 Å². The van der Waals surface area contributed by atoms with E-state index in [1.807, 2.05) is 13.8 Å². The van der Waals surface area contributed by atoms with Gasteiger partial charge in [-0.05, 0) is 50.9 Å². The van der Waals surface area contributed by atoms with Crippen LogP contribution in [0.2, 0.25) is 0 Å². The van der Waals surface area contributed by atoms with Crippen LogP contribution >= 0.6 is 24.0 Å². The van der Waals surface area contributed by atoms with Gasteiger partial charge in [-0.3, -0.25) is 4.99 Å². The highest BCUT2D eigenvalue weighted by Crippen LogP contribution is 2.60. The molecule has 21 heavy (non-hydrogen) atoms. The normalized spacial score (nSPS) is 19.9. The second kappa shape index (κ2) is 6.54. The molecule has 0 aromatic carbocycles. The fourth-order valence-electron chi connectivity index (χ4n) is 2.84. The second-order valence-electron chi connectivity index (χ2n) is 6.17. The van der Waals surface area contributed by atoms with E-state index in [2.05, 4.69) is 20.6 Å². The van der Waals surface area contributed by atoms with Crippen molar-refractivity contribution in [1.29, 1.82) is 0 Å². The Balaban J connectivity index is 0.00000161. The van der Waals surface area contributed by atoms with Crippen molar-refractivity contribution in [3.05, 3.63) is 17.3 Å². The number of nitrogens with zero attached hydrogens (tertiary/aromatic N) is 2. The SMILES string of the molecule is CN=C(NCc1nc(C)c(C)o1)NCC1(C2CC2)CC1.I. The molecule has 0 saturated heterocycles. The first-order chi connectivity index (χ1) is 9.63. The Kier molecular flexibility index (Phi) is 5.16. The quantitative estimate of drug-likeness (QED) is 0.450. The summed E-state index contributed by atoms with van der Waals surface area (Å²) in [5, 5.41) is 6.72. The van der Waals surface area contributed by atoms with Gasteiger partial charge in [0.1, 0.15) is 5.76 Å². The minimum Gasteiger partial charge on any atom is -0.444 e. The number of hydrogen-bond donors (Lipinski definition) is 2. The molecule has 2 N–H and O–H groups in total. The summed E-state index contributed by atoms with van der Waals surface area (Å²) >= 11 is 0. The van der Waals surface area contributed by atoms with Gasteiger partial charge < -0.3 is 15.1 Å². The summed E-state index contributed by atoms with van der Waals surface area (Å²) in [5.41, 5.74) is 1.53. The molecular formula is C15H25IN4O. The van der Waals surface area contributed by atoms with Crippen LogP contribution in [0.1, 0.15) is 43.0 Å². The summed E-state index contributed by atoms with van der Waals surface area (Å²) in [4.78, 5) is 8.63. The maximum absolute atomic E-state index is 5.56. The van der Waals surface area contributed by atoms with E-state index in [-0.39, 0.29) is 24.0 Å². The van der Waals surface area contributed by atoms with Crippen LogP contribution in [0.3, 0.4) is 0 Å². The predicted octanol–water partition coefficient (Wildman–Crippen LogP) is 2.76. The van der Waals surface area contributed by atoms with E-state index in [0.717, 1.165) is 29.9 Å². The van der Waals surface area contributed by atoms with Crippen molar-refractivity contribution in [3.63, 3.8) is 0 Å². The molecule has 2 aliphatic carbocycles. The van der Waals surface area contributed by atoms with Gasteiger partial charge in [-0.2, -0.15) is 0 Å². The van der Waals surface area contributed by atoms with Crippen molar-refractivity contribution < 1.29 is 4.42 Å². The first-order valence-electron chi connectivity index (χ1n) is 7.50. The summed E-state index contributed by atoms with van der Waals surface area (Å²) < 4.78 is 5.56. The maximum atomic E-state index is 5.56. The van der Waals surface area contributed by atoms with E-state index in [4.69, 9.17) is 4.42 Å². The standard InChI is InChI=1S/C15H24N4O.HI/c1-10-11(2)20-13(19-10)8-17-14(16-3)18-9-15(6-7-15)12-4-5-12;/h12H,4-9H2,1-3H3,(H2,16,17,18);1H. The Morgan fingerprint density at radius 2 is 2.05 bits per heavy atom. The highest BCUT2D eigenvalue weighted by atomic mass is 127. The van der Waals surface area contributed by atoms with Crippen LogP contribution in [0.25, 0.3) is 0 Å². The van der Waals surface area contributed by atoms with Gasteiger partial charge in [0.2, 0.25) is 5.89 Å². The van der Waals surface area contributed by atoms with Crippen LogP contribution in [0.15, 0.2) is 9.41 Å². The monoisotopic (exact) mass is 404 g/mol. The lowest BCUT2D eigenvalue weighted by atomic mass is 10.0. The number of nitrogens with one attached hydrogen (secondary N) is 2. The van der Waals surface area contributed by atoms with E-state index < -0.39 is 0 Å². The highest BCUT2D eigenvalue weighted by molar-refractivity contribution is 14.0. The van der Waals surface area contributed by atoms with Crippen LogP contribution in [0.5, 0.6) is 0 Å². The molecule has 0 bridgehead atoms. The van der Waals surface area contributed by atoms with Gasteiger partial charge in [-0.1, -0.05) is 0 Å². The lowest BCUT2D eigenvalue weighted by molar-refractivity contribution is 0.428. The van der Waals surface area contributed by atoms with Crippen molar-refractivity contribution in [1.82, 2.24) is 15.6 Å². The van der Waals surface area contributed by atoms with E-state index in [1.54, 1.807) is 7.05 Å². The molecule has 1 aromatic rings. The number of rotatable bonds is 5. The molecule has 118 valence electrons. The third-order valence-electron chi connectivity index (χ3n) is 4.65. The van der Waals surface area contributed by atoms with Gasteiger partial charge in [0.05, 0.1) is 12.2 Å². The van der Waals surface area contributed by atoms with Gasteiger partial charge in [-0.25, -0.2) is 4.98 Å². The zero-order valence-corrected chi connectivity index (χ0v) is 15.4. The minimum atomic E-state index is 0. The summed E-state index contributed by atoms with van der Waals surface area (Å²) in [6.45, 7) is 5.51. The predicted molar refractivity (Wildman–Crippen MR) is 94.0 cm³/mol. The van der Waals surface area contributed by atoms with Crippen molar-refractivity contribution in [2.45, 2.75) is 46.1 Å². The molecule has 2 saturated carbocycles. The van der Waals surface area contributed by atoms with E-state index >= 15 is 0 Å². The molecule has 6 heteroatoms. The Labute approximate surface area is 143 Å². The average Bonchev–Trinajstić information content (AvgIpc) is 3.31. The lowest BCUT2D eigenvalue weighted by Gasteiger charge is -2.17. The Hall–Kier alpha value is -0.790. The fourth-order valence-corrected chi connectivity index (χ4v) is 2.84. The van der Waals surface area contributed by atoms with Crippen molar-refractivity contribution in [2.75, 3.05) is 13.6 Å². The highest BCUT2D eigenvalue weighted by Gasteiger charge is 2.53. The van der Waals surface area contributed by atoms with Crippen molar-refractivity contribution >= 4 is 29.9 Å². The van der Waals surface area contributed by atoms with Crippen LogP contribution in [0.4, 0.5) is 0 Å². The molecule has 0 atom stereocenters. The number of guanidine groups is 1. The largest absolute Gasteiger partial charge is 0.444 e. The molecule has 1 aromatic heterocycles. The topological polar surface area (TPSA) is 62.5 Å². The number of aromatic nitrogens is 1. The molecule has 0 unspecified atom stereocenters. The molecular weight excluding hydrogens is 379 g/mol. The third kappa shape index (κ3) is 3.90. The Morgan fingerprint density at radius 1 is 1.33 bits per heavy atom. The van der Waals surface area contributed by atoms with E-state index in [9.17, 15) is 0 Å². The van der Waals surface area contributed by atoms with Crippen molar-refractivity contribution in [2.24, 2.45) is 16.3 Å². The number of halogens is 1. The minimum absolute atomic E-state index is 0. The van der Waals surface area contributed by atoms with Crippen LogP contribution in [0, 0.1) is 25.2 Å². The lowest BCUT2D eigenvalue weighted by Crippen LogP contribution is -2.40. The van der Waals surface area contributed by atoms with Crippen LogP contribution in [-0.2, 0) is 6.54 Å². The summed E-state index contributed by atoms with van der Waals surface area (Å²) in [5.74, 6) is 3.40. The maximum Gasteiger partial charge on any atom is 0.214 e. The van der Waals surface area contributed by atoms with E-state index in [0.29, 0.717) is 17.9 Å². The fraction of sp³-hybridized carbons (Fsp3) is 0.733. The zero-order valence-electron chi connectivity index (χ0n) is 13.0. The first kappa shape index (κ1) is 16.6.